The molecule has 3 aliphatic heterocycles. The van der Waals surface area contributed by atoms with E-state index in [2.05, 4.69) is 22.0 Å². The van der Waals surface area contributed by atoms with E-state index < -0.39 is 0 Å². The number of anilines is 2. The molecule has 22 heavy (non-hydrogen) atoms. The number of aromatic nitrogens is 2. The zero-order valence-corrected chi connectivity index (χ0v) is 13.8. The Morgan fingerprint density at radius 2 is 2.00 bits per heavy atom. The zero-order valence-electron chi connectivity index (χ0n) is 13.8. The molecule has 0 aromatic carbocycles. The Bertz CT molecular complexity index is 542. The smallest absolute Gasteiger partial charge is 0.227 e. The van der Waals surface area contributed by atoms with Gasteiger partial charge in [-0.3, -0.25) is 4.90 Å². The highest BCUT2D eigenvalue weighted by Gasteiger charge is 2.37. The molecule has 4 fully saturated rings. The molecule has 1 aliphatic carbocycles. The number of nitrogens with zero attached hydrogens (tertiary/aromatic N) is 4. The van der Waals surface area contributed by atoms with Gasteiger partial charge in [0, 0.05) is 51.0 Å². The second-order valence-electron chi connectivity index (χ2n) is 7.34. The Morgan fingerprint density at radius 1 is 1.14 bits per heavy atom. The van der Waals surface area contributed by atoms with Crippen LogP contribution in [0.25, 0.3) is 0 Å². The number of nitrogens with one attached hydrogen (secondary N) is 1. The van der Waals surface area contributed by atoms with Gasteiger partial charge in [-0.05, 0) is 44.4 Å². The van der Waals surface area contributed by atoms with Gasteiger partial charge in [0.25, 0.3) is 0 Å². The van der Waals surface area contributed by atoms with E-state index in [-0.39, 0.29) is 0 Å². The molecule has 0 spiro atoms. The fraction of sp³-hybridized carbons (Fsp3) is 0.765. The van der Waals surface area contributed by atoms with Gasteiger partial charge in [0.05, 0.1) is 0 Å². The second kappa shape index (κ2) is 5.69. The fourth-order valence-electron chi connectivity index (χ4n) is 4.02. The molecule has 1 aromatic rings. The number of rotatable bonds is 4. The van der Waals surface area contributed by atoms with Crippen LogP contribution in [0.4, 0.5) is 11.8 Å². The van der Waals surface area contributed by atoms with Gasteiger partial charge in [-0.15, -0.1) is 0 Å². The van der Waals surface area contributed by atoms with Crippen molar-refractivity contribution in [1.82, 2.24) is 14.9 Å². The van der Waals surface area contributed by atoms with Crippen LogP contribution >= 0.6 is 0 Å². The lowest BCUT2D eigenvalue weighted by molar-refractivity contribution is 0.128. The second-order valence-corrected chi connectivity index (χ2v) is 7.34. The molecule has 1 N–H and O–H groups in total. The molecule has 2 bridgehead atoms. The van der Waals surface area contributed by atoms with E-state index in [9.17, 15) is 0 Å². The van der Waals surface area contributed by atoms with Crippen molar-refractivity contribution in [2.75, 3.05) is 43.4 Å². The Morgan fingerprint density at radius 3 is 2.77 bits per heavy atom. The number of fused-ring (bicyclic) bond motifs is 4. The highest BCUT2D eigenvalue weighted by atomic mass is 15.3. The largest absolute Gasteiger partial charge is 0.373 e. The van der Waals surface area contributed by atoms with Gasteiger partial charge < -0.3 is 10.2 Å². The molecule has 5 nitrogen and oxygen atoms in total. The summed E-state index contributed by atoms with van der Waals surface area (Å²) >= 11 is 0. The zero-order chi connectivity index (χ0) is 15.1. The summed E-state index contributed by atoms with van der Waals surface area (Å²) in [6.07, 6.45) is 5.61. The lowest BCUT2D eigenvalue weighted by Crippen LogP contribution is -2.44. The van der Waals surface area contributed by atoms with Crippen molar-refractivity contribution in [3.63, 3.8) is 0 Å². The molecule has 1 saturated carbocycles. The highest BCUT2D eigenvalue weighted by molar-refractivity contribution is 5.43. The highest BCUT2D eigenvalue weighted by Crippen LogP contribution is 2.35. The van der Waals surface area contributed by atoms with Crippen LogP contribution in [0.1, 0.15) is 31.4 Å². The molecule has 5 heteroatoms. The van der Waals surface area contributed by atoms with Crippen molar-refractivity contribution in [3.05, 3.63) is 11.8 Å². The minimum Gasteiger partial charge on any atom is -0.373 e. The summed E-state index contributed by atoms with van der Waals surface area (Å²) in [6.45, 7) is 6.87. The SMILES string of the molecule is CNc1cc(C)nc(N2C[C@H]3CC[C@@H](C2)N(CC2CC2)C3)n1. The third-order valence-corrected chi connectivity index (χ3v) is 5.40. The summed E-state index contributed by atoms with van der Waals surface area (Å²) in [6, 6.07) is 2.71. The Kier molecular flexibility index (Phi) is 3.68. The first-order valence-corrected chi connectivity index (χ1v) is 8.73. The molecular formula is C17H27N5. The van der Waals surface area contributed by atoms with Gasteiger partial charge in [0.2, 0.25) is 5.95 Å². The summed E-state index contributed by atoms with van der Waals surface area (Å²) in [5.41, 5.74) is 1.04. The van der Waals surface area contributed by atoms with Crippen molar-refractivity contribution < 1.29 is 0 Å². The number of piperidine rings is 1. The van der Waals surface area contributed by atoms with E-state index in [0.717, 1.165) is 42.4 Å². The van der Waals surface area contributed by atoms with E-state index in [4.69, 9.17) is 9.97 Å². The first kappa shape index (κ1) is 14.2. The maximum atomic E-state index is 4.70. The molecule has 0 amide bonds. The molecule has 4 aliphatic rings. The first-order valence-electron chi connectivity index (χ1n) is 8.73. The van der Waals surface area contributed by atoms with Gasteiger partial charge in [-0.1, -0.05) is 0 Å². The summed E-state index contributed by atoms with van der Waals surface area (Å²) in [4.78, 5) is 14.6. The standard InChI is InChI=1S/C17H27N5/c1-12-7-16(18-2)20-17(19-12)22-10-14-5-6-15(11-22)21(9-14)8-13-3-4-13/h7,13-15H,3-6,8-11H2,1-2H3,(H,18,19,20)/t14-,15-/m0/s1. The van der Waals surface area contributed by atoms with Crippen molar-refractivity contribution in [2.45, 2.75) is 38.6 Å². The minimum atomic E-state index is 0.696. The maximum Gasteiger partial charge on any atom is 0.227 e. The van der Waals surface area contributed by atoms with Crippen LogP contribution < -0.4 is 10.2 Å². The van der Waals surface area contributed by atoms with E-state index in [0.29, 0.717) is 6.04 Å². The molecule has 2 atom stereocenters. The summed E-state index contributed by atoms with van der Waals surface area (Å²) in [5.74, 6) is 3.60. The number of hydrogen-bond acceptors (Lipinski definition) is 5. The van der Waals surface area contributed by atoms with Crippen LogP contribution in [0.5, 0.6) is 0 Å². The van der Waals surface area contributed by atoms with Crippen molar-refractivity contribution in [3.8, 4) is 0 Å². The van der Waals surface area contributed by atoms with Gasteiger partial charge in [0.15, 0.2) is 0 Å². The first-order chi connectivity index (χ1) is 10.7. The monoisotopic (exact) mass is 301 g/mol. The molecule has 120 valence electrons. The summed E-state index contributed by atoms with van der Waals surface area (Å²) in [5, 5.41) is 3.16. The molecule has 5 rings (SSSR count). The van der Waals surface area contributed by atoms with Crippen LogP contribution in [0.3, 0.4) is 0 Å². The van der Waals surface area contributed by atoms with E-state index >= 15 is 0 Å². The van der Waals surface area contributed by atoms with E-state index in [1.165, 1.54) is 38.8 Å². The average Bonchev–Trinajstić information content (AvgIpc) is 3.34. The van der Waals surface area contributed by atoms with E-state index in [1.807, 2.05) is 13.1 Å². The van der Waals surface area contributed by atoms with Crippen molar-refractivity contribution in [2.24, 2.45) is 11.8 Å². The molecule has 0 radical (unpaired) electrons. The lowest BCUT2D eigenvalue weighted by Gasteiger charge is -2.36. The average molecular weight is 301 g/mol. The van der Waals surface area contributed by atoms with Gasteiger partial charge in [-0.2, -0.15) is 4.98 Å². The Labute approximate surface area is 133 Å². The third kappa shape index (κ3) is 2.91. The molecule has 4 heterocycles. The molecule has 0 unspecified atom stereocenters. The molecular weight excluding hydrogens is 274 g/mol. The van der Waals surface area contributed by atoms with Crippen LogP contribution in [-0.4, -0.2) is 54.1 Å². The summed E-state index contributed by atoms with van der Waals surface area (Å²) in [7, 11) is 1.93. The quantitative estimate of drug-likeness (QED) is 0.923. The van der Waals surface area contributed by atoms with Crippen LogP contribution in [0.2, 0.25) is 0 Å². The van der Waals surface area contributed by atoms with Crippen molar-refractivity contribution >= 4 is 11.8 Å². The summed E-state index contributed by atoms with van der Waals surface area (Å²) < 4.78 is 0. The van der Waals surface area contributed by atoms with Crippen molar-refractivity contribution in [1.29, 1.82) is 0 Å². The molecule has 3 saturated heterocycles. The predicted octanol–water partition coefficient (Wildman–Crippen LogP) is 2.14. The minimum absolute atomic E-state index is 0.696. The van der Waals surface area contributed by atoms with Gasteiger partial charge in [0.1, 0.15) is 5.82 Å². The van der Waals surface area contributed by atoms with Gasteiger partial charge >= 0.3 is 0 Å². The van der Waals surface area contributed by atoms with E-state index in [1.54, 1.807) is 0 Å². The van der Waals surface area contributed by atoms with Gasteiger partial charge in [-0.25, -0.2) is 4.98 Å². The Balaban J connectivity index is 1.54. The predicted molar refractivity (Wildman–Crippen MR) is 89.3 cm³/mol. The molecule has 1 aromatic heterocycles. The lowest BCUT2D eigenvalue weighted by atomic mass is 9.95. The maximum absolute atomic E-state index is 4.70. The fourth-order valence-corrected chi connectivity index (χ4v) is 4.02. The topological polar surface area (TPSA) is 44.3 Å². The van der Waals surface area contributed by atoms with Crippen LogP contribution in [0, 0.1) is 18.8 Å². The van der Waals surface area contributed by atoms with Crippen LogP contribution in [0.15, 0.2) is 6.07 Å². The Hall–Kier alpha value is -1.36. The third-order valence-electron chi connectivity index (χ3n) is 5.40. The number of aryl methyl sites for hydroxylation is 1. The normalized spacial score (nSPS) is 28.7. The number of hydrogen-bond donors (Lipinski definition) is 1. The van der Waals surface area contributed by atoms with Crippen LogP contribution in [-0.2, 0) is 0 Å².